The summed E-state index contributed by atoms with van der Waals surface area (Å²) in [4.78, 5) is 25.5. The van der Waals surface area contributed by atoms with Crippen molar-refractivity contribution in [2.75, 3.05) is 20.1 Å². The molecule has 0 saturated carbocycles. The first-order valence-corrected chi connectivity index (χ1v) is 8.93. The van der Waals surface area contributed by atoms with Crippen molar-refractivity contribution in [3.63, 3.8) is 0 Å². The summed E-state index contributed by atoms with van der Waals surface area (Å²) in [6.45, 7) is 2.24. The van der Waals surface area contributed by atoms with Gasteiger partial charge in [0, 0.05) is 25.2 Å². The van der Waals surface area contributed by atoms with Crippen LogP contribution in [0.3, 0.4) is 0 Å². The van der Waals surface area contributed by atoms with Gasteiger partial charge in [0.05, 0.1) is 5.56 Å². The quantitative estimate of drug-likeness (QED) is 0.812. The summed E-state index contributed by atoms with van der Waals surface area (Å²) in [7, 11) is 1.94. The summed E-state index contributed by atoms with van der Waals surface area (Å²) in [5, 5.41) is 12.8. The van der Waals surface area contributed by atoms with Crippen LogP contribution in [0.1, 0.15) is 50.6 Å². The molecule has 136 valence electrons. The van der Waals surface area contributed by atoms with Crippen molar-refractivity contribution >= 4 is 12.2 Å². The molecule has 26 heavy (non-hydrogen) atoms. The molecule has 1 aliphatic rings. The molecule has 0 aliphatic carbocycles. The fourth-order valence-corrected chi connectivity index (χ4v) is 3.54. The van der Waals surface area contributed by atoms with Gasteiger partial charge >= 0.3 is 0 Å². The van der Waals surface area contributed by atoms with Crippen molar-refractivity contribution in [2.24, 2.45) is 0 Å². The molecule has 5 heteroatoms. The van der Waals surface area contributed by atoms with Crippen molar-refractivity contribution in [3.8, 4) is 5.75 Å². The average Bonchev–Trinajstić information content (AvgIpc) is 2.68. The Balaban J connectivity index is 1.65. The van der Waals surface area contributed by atoms with Gasteiger partial charge in [-0.3, -0.25) is 9.59 Å². The molecule has 5 nitrogen and oxygen atoms in total. The topological polar surface area (TPSA) is 69.6 Å². The molecule has 0 bridgehead atoms. The van der Waals surface area contributed by atoms with Gasteiger partial charge in [0.2, 0.25) is 0 Å². The summed E-state index contributed by atoms with van der Waals surface area (Å²) in [5.41, 5.74) is 3.19. The molecule has 2 aromatic carbocycles. The number of amides is 1. The van der Waals surface area contributed by atoms with Gasteiger partial charge in [-0.25, -0.2) is 0 Å². The molecule has 1 aliphatic heterocycles. The average molecular weight is 352 g/mol. The van der Waals surface area contributed by atoms with E-state index in [1.807, 2.05) is 11.9 Å². The molecule has 0 atom stereocenters. The summed E-state index contributed by atoms with van der Waals surface area (Å²) in [5.74, 6) is 0.272. The van der Waals surface area contributed by atoms with E-state index in [1.54, 1.807) is 6.07 Å². The Hall–Kier alpha value is -2.66. The van der Waals surface area contributed by atoms with Crippen LogP contribution in [0.5, 0.6) is 5.75 Å². The number of likely N-dealkylation sites (tertiary alicyclic amines) is 1. The number of phenolic OH excluding ortho intramolecular Hbond substituents is 1. The fourth-order valence-electron chi connectivity index (χ4n) is 3.54. The lowest BCUT2D eigenvalue weighted by atomic mass is 9.88. The maximum Gasteiger partial charge on any atom is 0.253 e. The van der Waals surface area contributed by atoms with Crippen molar-refractivity contribution in [1.82, 2.24) is 10.2 Å². The second-order valence-electron chi connectivity index (χ2n) is 6.73. The van der Waals surface area contributed by atoms with Crippen LogP contribution in [-0.4, -0.2) is 42.3 Å². The molecule has 2 aromatic rings. The monoisotopic (exact) mass is 352 g/mol. The van der Waals surface area contributed by atoms with E-state index >= 15 is 0 Å². The van der Waals surface area contributed by atoms with Crippen LogP contribution in [0.15, 0.2) is 42.5 Å². The van der Waals surface area contributed by atoms with Gasteiger partial charge in [0.15, 0.2) is 6.29 Å². The van der Waals surface area contributed by atoms with Crippen molar-refractivity contribution in [3.05, 3.63) is 64.7 Å². The molecule has 0 unspecified atom stereocenters. The maximum absolute atomic E-state index is 12.7. The van der Waals surface area contributed by atoms with E-state index in [1.165, 1.54) is 23.3 Å². The van der Waals surface area contributed by atoms with Gasteiger partial charge in [-0.15, -0.1) is 0 Å². The molecular weight excluding hydrogens is 328 g/mol. The largest absolute Gasteiger partial charge is 0.507 e. The Morgan fingerprint density at radius 3 is 2.69 bits per heavy atom. The Labute approximate surface area is 153 Å². The minimum Gasteiger partial charge on any atom is -0.507 e. The predicted octanol–water partition coefficient (Wildman–Crippen LogP) is 2.94. The standard InChI is InChI=1S/C21H24N2O3/c1-22-13-15-3-2-4-17(11-15)16-7-9-23(10-8-16)21(26)18-5-6-20(25)19(12-18)14-24/h2-6,11-12,14,16,22,25H,7-10,13H2,1H3. The number of phenols is 1. The van der Waals surface area contributed by atoms with E-state index in [4.69, 9.17) is 0 Å². The van der Waals surface area contributed by atoms with Gasteiger partial charge in [0.25, 0.3) is 5.91 Å². The molecule has 3 rings (SSSR count). The third-order valence-electron chi connectivity index (χ3n) is 4.99. The molecular formula is C21H24N2O3. The Bertz CT molecular complexity index is 796. The molecule has 1 saturated heterocycles. The second-order valence-corrected chi connectivity index (χ2v) is 6.73. The Morgan fingerprint density at radius 1 is 1.23 bits per heavy atom. The van der Waals surface area contributed by atoms with Crippen LogP contribution in [0.25, 0.3) is 0 Å². The fraction of sp³-hybridized carbons (Fsp3) is 0.333. The summed E-state index contributed by atoms with van der Waals surface area (Å²) < 4.78 is 0. The zero-order valence-electron chi connectivity index (χ0n) is 14.9. The molecule has 1 amide bonds. The maximum atomic E-state index is 12.7. The number of carbonyl (C=O) groups excluding carboxylic acids is 2. The lowest BCUT2D eigenvalue weighted by Gasteiger charge is -2.32. The molecule has 1 fully saturated rings. The molecule has 0 aromatic heterocycles. The van der Waals surface area contributed by atoms with Crippen molar-refractivity contribution in [1.29, 1.82) is 0 Å². The minimum absolute atomic E-state index is 0.0875. The summed E-state index contributed by atoms with van der Waals surface area (Å²) in [6.07, 6.45) is 2.41. The van der Waals surface area contributed by atoms with Gasteiger partial charge in [-0.05, 0) is 55.1 Å². The number of aldehydes is 1. The lowest BCUT2D eigenvalue weighted by molar-refractivity contribution is 0.0713. The number of piperidine rings is 1. The van der Waals surface area contributed by atoms with E-state index in [0.717, 1.165) is 19.4 Å². The van der Waals surface area contributed by atoms with Gasteiger partial charge < -0.3 is 15.3 Å². The van der Waals surface area contributed by atoms with E-state index in [9.17, 15) is 14.7 Å². The Kier molecular flexibility index (Phi) is 5.68. The highest BCUT2D eigenvalue weighted by molar-refractivity contribution is 5.96. The number of nitrogens with one attached hydrogen (secondary N) is 1. The number of aromatic hydroxyl groups is 1. The number of hydrogen-bond acceptors (Lipinski definition) is 4. The van der Waals surface area contributed by atoms with Crippen LogP contribution < -0.4 is 5.32 Å². The summed E-state index contributed by atoms with van der Waals surface area (Å²) in [6, 6.07) is 13.0. The van der Waals surface area contributed by atoms with Crippen LogP contribution in [0, 0.1) is 0 Å². The summed E-state index contributed by atoms with van der Waals surface area (Å²) >= 11 is 0. The highest BCUT2D eigenvalue weighted by Crippen LogP contribution is 2.29. The number of nitrogens with zero attached hydrogens (tertiary/aromatic N) is 1. The number of rotatable bonds is 5. The molecule has 1 heterocycles. The van der Waals surface area contributed by atoms with Gasteiger partial charge in [-0.1, -0.05) is 24.3 Å². The number of carbonyl (C=O) groups is 2. The third-order valence-corrected chi connectivity index (χ3v) is 4.99. The first-order chi connectivity index (χ1) is 12.6. The van der Waals surface area contributed by atoms with E-state index in [0.29, 0.717) is 30.9 Å². The van der Waals surface area contributed by atoms with E-state index in [-0.39, 0.29) is 17.2 Å². The highest BCUT2D eigenvalue weighted by atomic mass is 16.3. The smallest absolute Gasteiger partial charge is 0.253 e. The predicted molar refractivity (Wildman–Crippen MR) is 101 cm³/mol. The number of benzene rings is 2. The lowest BCUT2D eigenvalue weighted by Crippen LogP contribution is -2.38. The van der Waals surface area contributed by atoms with Crippen molar-refractivity contribution < 1.29 is 14.7 Å². The Morgan fingerprint density at radius 2 is 2.00 bits per heavy atom. The third kappa shape index (κ3) is 3.94. The van der Waals surface area contributed by atoms with E-state index in [2.05, 4.69) is 29.6 Å². The molecule has 2 N–H and O–H groups in total. The first-order valence-electron chi connectivity index (χ1n) is 8.93. The molecule has 0 spiro atoms. The van der Waals surface area contributed by atoms with Crippen LogP contribution in [0.4, 0.5) is 0 Å². The van der Waals surface area contributed by atoms with Gasteiger partial charge in [0.1, 0.15) is 5.75 Å². The zero-order chi connectivity index (χ0) is 18.5. The first kappa shape index (κ1) is 18.1. The van der Waals surface area contributed by atoms with Crippen LogP contribution in [-0.2, 0) is 6.54 Å². The second kappa shape index (κ2) is 8.15. The highest BCUT2D eigenvalue weighted by Gasteiger charge is 2.25. The SMILES string of the molecule is CNCc1cccc(C2CCN(C(=O)c3ccc(O)c(C=O)c3)CC2)c1. The zero-order valence-corrected chi connectivity index (χ0v) is 14.9. The number of hydrogen-bond donors (Lipinski definition) is 2. The minimum atomic E-state index is -0.100. The molecule has 0 radical (unpaired) electrons. The van der Waals surface area contributed by atoms with Gasteiger partial charge in [-0.2, -0.15) is 0 Å². The van der Waals surface area contributed by atoms with Crippen LogP contribution >= 0.6 is 0 Å². The van der Waals surface area contributed by atoms with E-state index < -0.39 is 0 Å². The van der Waals surface area contributed by atoms with Crippen molar-refractivity contribution in [2.45, 2.75) is 25.3 Å². The normalized spacial score (nSPS) is 15.0. The van der Waals surface area contributed by atoms with Crippen LogP contribution in [0.2, 0.25) is 0 Å².